The van der Waals surface area contributed by atoms with Gasteiger partial charge in [0.2, 0.25) is 0 Å². The van der Waals surface area contributed by atoms with E-state index in [-0.39, 0.29) is 6.10 Å². The van der Waals surface area contributed by atoms with Crippen LogP contribution in [0.25, 0.3) is 0 Å². The van der Waals surface area contributed by atoms with Crippen molar-refractivity contribution in [3.05, 3.63) is 5.82 Å². The number of aliphatic carboxylic acids is 1. The molecule has 1 fully saturated rings. The number of aryl methyl sites for hydroxylation is 1. The van der Waals surface area contributed by atoms with Gasteiger partial charge in [0.05, 0.1) is 6.10 Å². The topological polar surface area (TPSA) is 90.1 Å². The number of aromatic nitrogens is 4. The van der Waals surface area contributed by atoms with Gasteiger partial charge in [0.25, 0.3) is 0 Å². The summed E-state index contributed by atoms with van der Waals surface area (Å²) in [7, 11) is 0. The summed E-state index contributed by atoms with van der Waals surface area (Å²) in [5.41, 5.74) is -1.05. The molecule has 0 aliphatic carbocycles. The molecule has 118 valence electrons. The lowest BCUT2D eigenvalue weighted by Crippen LogP contribution is -2.43. The second-order valence-electron chi connectivity index (χ2n) is 5.58. The third-order valence-electron chi connectivity index (χ3n) is 4.47. The highest BCUT2D eigenvalue weighted by Crippen LogP contribution is 2.26. The Hall–Kier alpha value is -1.50. The van der Waals surface area contributed by atoms with Crippen molar-refractivity contribution in [2.45, 2.75) is 70.4 Å². The van der Waals surface area contributed by atoms with Crippen LogP contribution in [0.5, 0.6) is 0 Å². The predicted molar refractivity (Wildman–Crippen MR) is 75.9 cm³/mol. The quantitative estimate of drug-likeness (QED) is 0.824. The second-order valence-corrected chi connectivity index (χ2v) is 5.58. The van der Waals surface area contributed by atoms with Crippen LogP contribution in [0.3, 0.4) is 0 Å². The molecule has 1 aliphatic rings. The zero-order valence-electron chi connectivity index (χ0n) is 12.8. The molecule has 1 saturated heterocycles. The maximum absolute atomic E-state index is 11.7. The summed E-state index contributed by atoms with van der Waals surface area (Å²) in [5.74, 6) is -0.245. The lowest BCUT2D eigenvalue weighted by molar-refractivity contribution is -0.148. The summed E-state index contributed by atoms with van der Waals surface area (Å²) >= 11 is 0. The van der Waals surface area contributed by atoms with Crippen molar-refractivity contribution >= 4 is 5.97 Å². The molecule has 1 aliphatic heterocycles. The van der Waals surface area contributed by atoms with Crippen LogP contribution >= 0.6 is 0 Å². The molecule has 0 saturated carbocycles. The highest BCUT2D eigenvalue weighted by atomic mass is 16.5. The Balaban J connectivity index is 2.11. The van der Waals surface area contributed by atoms with Gasteiger partial charge in [-0.25, -0.2) is 9.48 Å². The molecule has 2 rings (SSSR count). The molecule has 7 heteroatoms. The van der Waals surface area contributed by atoms with Crippen molar-refractivity contribution in [1.82, 2.24) is 20.2 Å². The Kier molecular flexibility index (Phi) is 5.27. The third kappa shape index (κ3) is 3.23. The highest BCUT2D eigenvalue weighted by molar-refractivity contribution is 5.76. The van der Waals surface area contributed by atoms with Gasteiger partial charge in [-0.05, 0) is 49.0 Å². The molecule has 7 nitrogen and oxygen atoms in total. The van der Waals surface area contributed by atoms with Crippen molar-refractivity contribution in [1.29, 1.82) is 0 Å². The van der Waals surface area contributed by atoms with E-state index in [0.29, 0.717) is 25.1 Å². The van der Waals surface area contributed by atoms with E-state index in [0.717, 1.165) is 25.9 Å². The molecule has 1 atom stereocenters. The fourth-order valence-electron chi connectivity index (χ4n) is 2.96. The van der Waals surface area contributed by atoms with Gasteiger partial charge in [0.1, 0.15) is 0 Å². The monoisotopic (exact) mass is 296 g/mol. The molecular formula is C14H24N4O3. The minimum absolute atomic E-state index is 0.242. The lowest BCUT2D eigenvalue weighted by Gasteiger charge is -2.28. The standard InChI is InChI=1S/C14H24N4O3/c1-3-14(4-2,13(19)20)18-12(15-16-17-18)9-8-11-7-5-6-10-21-11/h11H,3-10H2,1-2H3,(H,19,20). The Morgan fingerprint density at radius 2 is 2.19 bits per heavy atom. The molecule has 0 spiro atoms. The highest BCUT2D eigenvalue weighted by Gasteiger charge is 2.40. The summed E-state index contributed by atoms with van der Waals surface area (Å²) in [5, 5.41) is 21.3. The van der Waals surface area contributed by atoms with Crippen molar-refractivity contribution in [3.8, 4) is 0 Å². The van der Waals surface area contributed by atoms with Gasteiger partial charge in [0, 0.05) is 13.0 Å². The van der Waals surface area contributed by atoms with Gasteiger partial charge in [-0.3, -0.25) is 0 Å². The van der Waals surface area contributed by atoms with Crippen LogP contribution in [-0.2, 0) is 21.5 Å². The van der Waals surface area contributed by atoms with E-state index in [2.05, 4.69) is 15.5 Å². The molecule has 0 amide bonds. The minimum atomic E-state index is -1.05. The van der Waals surface area contributed by atoms with Gasteiger partial charge < -0.3 is 9.84 Å². The molecule has 0 aromatic carbocycles. The Labute approximate surface area is 124 Å². The van der Waals surface area contributed by atoms with Crippen LogP contribution < -0.4 is 0 Å². The van der Waals surface area contributed by atoms with E-state index in [1.165, 1.54) is 11.1 Å². The number of tetrazole rings is 1. The van der Waals surface area contributed by atoms with E-state index in [4.69, 9.17) is 4.74 Å². The molecule has 0 bridgehead atoms. The number of rotatable bonds is 7. The molecular weight excluding hydrogens is 272 g/mol. The summed E-state index contributed by atoms with van der Waals surface area (Å²) in [6, 6.07) is 0. The predicted octanol–water partition coefficient (Wildman–Crippen LogP) is 1.77. The van der Waals surface area contributed by atoms with Gasteiger partial charge in [-0.1, -0.05) is 13.8 Å². The molecule has 21 heavy (non-hydrogen) atoms. The van der Waals surface area contributed by atoms with Crippen molar-refractivity contribution in [3.63, 3.8) is 0 Å². The number of nitrogens with zero attached hydrogens (tertiary/aromatic N) is 4. The molecule has 1 aromatic rings. The van der Waals surface area contributed by atoms with Crippen LogP contribution in [0.4, 0.5) is 0 Å². The lowest BCUT2D eigenvalue weighted by atomic mass is 9.92. The number of carbonyl (C=O) groups is 1. The Bertz CT molecular complexity index is 465. The summed E-state index contributed by atoms with van der Waals surface area (Å²) in [6.07, 6.45) is 6.02. The van der Waals surface area contributed by atoms with E-state index >= 15 is 0 Å². The van der Waals surface area contributed by atoms with Crippen LogP contribution in [0.1, 0.15) is 58.2 Å². The first-order valence-electron chi connectivity index (χ1n) is 7.76. The smallest absolute Gasteiger partial charge is 0.331 e. The molecule has 2 heterocycles. The Morgan fingerprint density at radius 3 is 2.76 bits per heavy atom. The number of carboxylic acids is 1. The fourth-order valence-corrected chi connectivity index (χ4v) is 2.96. The summed E-state index contributed by atoms with van der Waals surface area (Å²) in [4.78, 5) is 11.7. The maximum atomic E-state index is 11.7. The maximum Gasteiger partial charge on any atom is 0.331 e. The van der Waals surface area contributed by atoms with E-state index in [1.54, 1.807) is 0 Å². The van der Waals surface area contributed by atoms with E-state index in [9.17, 15) is 9.90 Å². The van der Waals surface area contributed by atoms with Crippen LogP contribution in [0, 0.1) is 0 Å². The number of ether oxygens (including phenoxy) is 1. The number of hydrogen-bond donors (Lipinski definition) is 1. The van der Waals surface area contributed by atoms with Gasteiger partial charge in [-0.2, -0.15) is 0 Å². The normalized spacial score (nSPS) is 19.6. The SMILES string of the molecule is CCC(CC)(C(=O)O)n1nnnc1CCC1CCCCO1. The third-order valence-corrected chi connectivity index (χ3v) is 4.47. The van der Waals surface area contributed by atoms with Gasteiger partial charge >= 0.3 is 5.97 Å². The molecule has 1 unspecified atom stereocenters. The molecule has 1 aromatic heterocycles. The zero-order valence-corrected chi connectivity index (χ0v) is 12.8. The summed E-state index contributed by atoms with van der Waals surface area (Å²) < 4.78 is 7.21. The van der Waals surface area contributed by atoms with Crippen molar-refractivity contribution in [2.24, 2.45) is 0 Å². The number of carboxylic acid groups (broad SMARTS) is 1. The fraction of sp³-hybridized carbons (Fsp3) is 0.857. The van der Waals surface area contributed by atoms with Gasteiger partial charge in [-0.15, -0.1) is 5.10 Å². The average Bonchev–Trinajstić information content (AvgIpc) is 2.97. The first-order chi connectivity index (χ1) is 10.1. The van der Waals surface area contributed by atoms with Crippen LogP contribution in [0.15, 0.2) is 0 Å². The molecule has 0 radical (unpaired) electrons. The summed E-state index contributed by atoms with van der Waals surface area (Å²) in [6.45, 7) is 4.53. The van der Waals surface area contributed by atoms with Crippen molar-refractivity contribution < 1.29 is 14.6 Å². The van der Waals surface area contributed by atoms with Crippen molar-refractivity contribution in [2.75, 3.05) is 6.61 Å². The Morgan fingerprint density at radius 1 is 1.43 bits per heavy atom. The minimum Gasteiger partial charge on any atom is -0.479 e. The van der Waals surface area contributed by atoms with E-state index in [1.807, 2.05) is 13.8 Å². The largest absolute Gasteiger partial charge is 0.479 e. The average molecular weight is 296 g/mol. The van der Waals surface area contributed by atoms with Crippen LogP contribution in [-0.4, -0.2) is 44.0 Å². The van der Waals surface area contributed by atoms with Crippen LogP contribution in [0.2, 0.25) is 0 Å². The zero-order chi connectivity index (χ0) is 15.3. The van der Waals surface area contributed by atoms with E-state index < -0.39 is 11.5 Å². The molecule has 1 N–H and O–H groups in total. The second kappa shape index (κ2) is 6.98. The van der Waals surface area contributed by atoms with Gasteiger partial charge in [0.15, 0.2) is 11.4 Å². The first kappa shape index (κ1) is 15.9. The number of hydrogen-bond acceptors (Lipinski definition) is 5. The first-order valence-corrected chi connectivity index (χ1v) is 7.76.